The molecule has 2 fully saturated rings. The molecule has 1 saturated heterocycles. The quantitative estimate of drug-likeness (QED) is 0.662. The number of thioether (sulfide) groups is 1. The number of nitriles is 1. The van der Waals surface area contributed by atoms with Crippen LogP contribution in [0, 0.1) is 11.3 Å². The second-order valence-corrected chi connectivity index (χ2v) is 10.00. The molecule has 31 heavy (non-hydrogen) atoms. The molecule has 1 heterocycles. The fourth-order valence-corrected chi connectivity index (χ4v) is 5.89. The third-order valence-corrected chi connectivity index (χ3v) is 8.08. The molecule has 1 N–H and O–H groups in total. The van der Waals surface area contributed by atoms with Crippen LogP contribution in [0.25, 0.3) is 0 Å². The van der Waals surface area contributed by atoms with Gasteiger partial charge < -0.3 is 5.11 Å². The molecule has 1 atom stereocenters. The highest BCUT2D eigenvalue weighted by Gasteiger charge is 2.39. The van der Waals surface area contributed by atoms with E-state index in [0.717, 1.165) is 64.2 Å². The highest BCUT2D eigenvalue weighted by molar-refractivity contribution is 7.99. The van der Waals surface area contributed by atoms with Crippen LogP contribution in [0.4, 0.5) is 0 Å². The van der Waals surface area contributed by atoms with Crippen LogP contribution in [0.5, 0.6) is 0 Å². The molecule has 164 valence electrons. The van der Waals surface area contributed by atoms with Gasteiger partial charge in [-0.15, -0.1) is 11.8 Å². The highest BCUT2D eigenvalue weighted by atomic mass is 32.2. The average molecular weight is 436 g/mol. The molecule has 1 aliphatic carbocycles. The van der Waals surface area contributed by atoms with Crippen molar-refractivity contribution in [1.82, 2.24) is 9.80 Å². The zero-order valence-corrected chi connectivity index (χ0v) is 19.0. The van der Waals surface area contributed by atoms with Crippen molar-refractivity contribution in [2.75, 3.05) is 38.5 Å². The number of hydrogen-bond donors (Lipinski definition) is 1. The summed E-state index contributed by atoms with van der Waals surface area (Å²) in [6.45, 7) is 4.92. The Kier molecular flexibility index (Phi) is 7.68. The van der Waals surface area contributed by atoms with E-state index in [1.165, 1.54) is 10.5 Å². The molecule has 5 heteroatoms. The first-order valence-corrected chi connectivity index (χ1v) is 12.5. The zero-order chi connectivity index (χ0) is 21.5. The average Bonchev–Trinajstić information content (AvgIpc) is 2.84. The number of aliphatic hydroxyl groups is 1. The van der Waals surface area contributed by atoms with Crippen molar-refractivity contribution >= 4 is 11.8 Å². The summed E-state index contributed by atoms with van der Waals surface area (Å²) in [5, 5.41) is 20.4. The van der Waals surface area contributed by atoms with E-state index >= 15 is 0 Å². The Morgan fingerprint density at radius 2 is 1.58 bits per heavy atom. The Balaban J connectivity index is 1.20. The van der Waals surface area contributed by atoms with Gasteiger partial charge in [-0.05, 0) is 43.4 Å². The molecule has 4 nitrogen and oxygen atoms in total. The van der Waals surface area contributed by atoms with Crippen LogP contribution in [0.2, 0.25) is 0 Å². The molecule has 0 spiro atoms. The number of nitrogens with zero attached hydrogens (tertiary/aromatic N) is 3. The number of piperazine rings is 1. The van der Waals surface area contributed by atoms with Crippen molar-refractivity contribution in [3.05, 3.63) is 66.2 Å². The molecule has 1 unspecified atom stereocenters. The number of rotatable bonds is 7. The number of β-amino-alcohol motifs (C(OH)–C–C–N with tert-alkyl or cyclic N) is 1. The maximum atomic E-state index is 10.5. The van der Waals surface area contributed by atoms with Crippen molar-refractivity contribution in [3.8, 4) is 6.07 Å². The van der Waals surface area contributed by atoms with Gasteiger partial charge in [0.25, 0.3) is 0 Å². The van der Waals surface area contributed by atoms with Crippen LogP contribution in [-0.4, -0.2) is 65.5 Å². The van der Waals surface area contributed by atoms with Crippen molar-refractivity contribution in [2.45, 2.75) is 48.1 Å². The Morgan fingerprint density at radius 1 is 0.968 bits per heavy atom. The minimum atomic E-state index is -0.305. The smallest absolute Gasteiger partial charge is 0.0823 e. The molecule has 0 amide bonds. The summed E-state index contributed by atoms with van der Waals surface area (Å²) in [6.07, 6.45) is 3.80. The van der Waals surface area contributed by atoms with Crippen molar-refractivity contribution in [3.63, 3.8) is 0 Å². The van der Waals surface area contributed by atoms with Crippen molar-refractivity contribution < 1.29 is 5.11 Å². The van der Waals surface area contributed by atoms with Gasteiger partial charge in [0.05, 0.1) is 17.6 Å². The molecule has 4 rings (SSSR count). The summed E-state index contributed by atoms with van der Waals surface area (Å²) in [7, 11) is 0. The largest absolute Gasteiger partial charge is 0.391 e. The second-order valence-electron chi connectivity index (χ2n) is 8.91. The van der Waals surface area contributed by atoms with Crippen LogP contribution in [0.15, 0.2) is 65.6 Å². The van der Waals surface area contributed by atoms with Crippen molar-refractivity contribution in [2.24, 2.45) is 0 Å². The maximum absolute atomic E-state index is 10.5. The fraction of sp³-hybridized carbons (Fsp3) is 0.500. The van der Waals surface area contributed by atoms with E-state index in [9.17, 15) is 10.4 Å². The SMILES string of the molecule is N#CC1(c2ccccc2)CCC(N2CCN(CC(O)CSc3ccccc3)CC2)CC1. The summed E-state index contributed by atoms with van der Waals surface area (Å²) in [5.74, 6) is 0.739. The van der Waals surface area contributed by atoms with Gasteiger partial charge in [0.2, 0.25) is 0 Å². The van der Waals surface area contributed by atoms with E-state index in [-0.39, 0.29) is 11.5 Å². The van der Waals surface area contributed by atoms with E-state index < -0.39 is 0 Å². The van der Waals surface area contributed by atoms with E-state index in [4.69, 9.17) is 0 Å². The van der Waals surface area contributed by atoms with Crippen molar-refractivity contribution in [1.29, 1.82) is 5.26 Å². The highest BCUT2D eigenvalue weighted by Crippen LogP contribution is 2.40. The second kappa shape index (κ2) is 10.7. The topological polar surface area (TPSA) is 50.5 Å². The van der Waals surface area contributed by atoms with Gasteiger partial charge in [0.1, 0.15) is 0 Å². The summed E-state index contributed by atoms with van der Waals surface area (Å²) >= 11 is 1.73. The zero-order valence-electron chi connectivity index (χ0n) is 18.2. The van der Waals surface area contributed by atoms with E-state index in [2.05, 4.69) is 40.1 Å². The van der Waals surface area contributed by atoms with E-state index in [0.29, 0.717) is 6.04 Å². The van der Waals surface area contributed by atoms with Gasteiger partial charge in [0, 0.05) is 49.4 Å². The van der Waals surface area contributed by atoms with E-state index in [1.54, 1.807) is 11.8 Å². The molecule has 0 aromatic heterocycles. The normalized spacial score (nSPS) is 26.3. The summed E-state index contributed by atoms with van der Waals surface area (Å²) in [6, 6.07) is 23.9. The Bertz CT molecular complexity index is 838. The van der Waals surface area contributed by atoms with Crippen LogP contribution in [0.3, 0.4) is 0 Å². The third-order valence-electron chi connectivity index (χ3n) is 6.93. The van der Waals surface area contributed by atoms with E-state index in [1.807, 2.05) is 36.4 Å². The molecule has 0 bridgehead atoms. The van der Waals surface area contributed by atoms with Gasteiger partial charge in [-0.25, -0.2) is 0 Å². The van der Waals surface area contributed by atoms with Gasteiger partial charge in [0.15, 0.2) is 0 Å². The van der Waals surface area contributed by atoms with Crippen LogP contribution >= 0.6 is 11.8 Å². The van der Waals surface area contributed by atoms with Crippen LogP contribution in [-0.2, 0) is 5.41 Å². The Hall–Kier alpha value is -1.84. The predicted octanol–water partition coefficient (Wildman–Crippen LogP) is 4.16. The molecule has 1 saturated carbocycles. The predicted molar refractivity (Wildman–Crippen MR) is 127 cm³/mol. The Labute approximate surface area is 190 Å². The molecule has 0 radical (unpaired) electrons. The number of hydrogen-bond acceptors (Lipinski definition) is 5. The first-order valence-electron chi connectivity index (χ1n) is 11.5. The molecule has 2 aliphatic rings. The first-order chi connectivity index (χ1) is 15.2. The Morgan fingerprint density at radius 3 is 2.19 bits per heavy atom. The summed E-state index contributed by atoms with van der Waals surface area (Å²) < 4.78 is 0. The lowest BCUT2D eigenvalue weighted by Crippen LogP contribution is -2.53. The molecule has 2 aromatic rings. The summed E-state index contributed by atoms with van der Waals surface area (Å²) in [4.78, 5) is 6.24. The third kappa shape index (κ3) is 5.70. The van der Waals surface area contributed by atoms with Gasteiger partial charge in [-0.2, -0.15) is 5.26 Å². The standard InChI is InChI=1S/C26H33N3OS/c27-21-26(22-7-3-1-4-8-22)13-11-23(12-14-26)29-17-15-28(16-18-29)19-24(30)20-31-25-9-5-2-6-10-25/h1-10,23-24,30H,11-20H2. The fourth-order valence-electron chi connectivity index (χ4n) is 5.05. The van der Waals surface area contributed by atoms with Gasteiger partial charge in [-0.3, -0.25) is 9.80 Å². The molecule has 1 aliphatic heterocycles. The lowest BCUT2D eigenvalue weighted by molar-refractivity contribution is 0.0489. The molecule has 2 aromatic carbocycles. The summed E-state index contributed by atoms with van der Waals surface area (Å²) in [5.41, 5.74) is 0.878. The monoisotopic (exact) mass is 435 g/mol. The number of benzene rings is 2. The van der Waals surface area contributed by atoms with Gasteiger partial charge >= 0.3 is 0 Å². The van der Waals surface area contributed by atoms with Crippen LogP contribution < -0.4 is 0 Å². The molecular formula is C26H33N3OS. The minimum absolute atomic E-state index is 0.298. The number of aliphatic hydroxyl groups excluding tert-OH is 1. The van der Waals surface area contributed by atoms with Crippen LogP contribution in [0.1, 0.15) is 31.2 Å². The lowest BCUT2D eigenvalue weighted by Gasteiger charge is -2.44. The minimum Gasteiger partial charge on any atom is -0.391 e. The first kappa shape index (κ1) is 22.4. The van der Waals surface area contributed by atoms with Gasteiger partial charge in [-0.1, -0.05) is 48.5 Å². The lowest BCUT2D eigenvalue weighted by atomic mass is 9.69. The molecular weight excluding hydrogens is 402 g/mol. The maximum Gasteiger partial charge on any atom is 0.0823 e.